The molecule has 0 fully saturated rings. The molecule has 0 aliphatic carbocycles. The van der Waals surface area contributed by atoms with Crippen LogP contribution in [0.25, 0.3) is 0 Å². The van der Waals surface area contributed by atoms with Gasteiger partial charge in [0, 0.05) is 5.02 Å². The van der Waals surface area contributed by atoms with Crippen LogP contribution >= 0.6 is 11.6 Å². The smallest absolute Gasteiger partial charge is 0.229 e. The Morgan fingerprint density at radius 2 is 1.64 bits per heavy atom. The van der Waals surface area contributed by atoms with Crippen LogP contribution in [0.15, 0.2) is 12.1 Å². The first kappa shape index (κ1) is 11.3. The van der Waals surface area contributed by atoms with E-state index < -0.39 is 10.0 Å². The molecular formula is C9H12ClNO2S. The van der Waals surface area contributed by atoms with Crippen molar-refractivity contribution in [3.05, 3.63) is 28.3 Å². The van der Waals surface area contributed by atoms with Gasteiger partial charge in [0.1, 0.15) is 0 Å². The number of hydrogen-bond donors (Lipinski definition) is 1. The molecule has 0 aromatic heterocycles. The number of nitrogens with one attached hydrogen (secondary N) is 1. The van der Waals surface area contributed by atoms with Crippen LogP contribution in [0.4, 0.5) is 5.69 Å². The Labute approximate surface area is 89.1 Å². The van der Waals surface area contributed by atoms with Crippen molar-refractivity contribution in [3.8, 4) is 0 Å². The van der Waals surface area contributed by atoms with Crippen LogP contribution in [0, 0.1) is 13.8 Å². The highest BCUT2D eigenvalue weighted by Gasteiger charge is 2.08. The second-order valence-corrected chi connectivity index (χ2v) is 5.47. The van der Waals surface area contributed by atoms with Crippen molar-refractivity contribution in [1.29, 1.82) is 0 Å². The van der Waals surface area contributed by atoms with Gasteiger partial charge in [-0.05, 0) is 37.1 Å². The highest BCUT2D eigenvalue weighted by molar-refractivity contribution is 7.92. The number of hydrogen-bond acceptors (Lipinski definition) is 2. The van der Waals surface area contributed by atoms with Gasteiger partial charge in [-0.25, -0.2) is 8.42 Å². The van der Waals surface area contributed by atoms with Crippen LogP contribution in [0.2, 0.25) is 5.02 Å². The van der Waals surface area contributed by atoms with E-state index in [0.29, 0.717) is 10.7 Å². The summed E-state index contributed by atoms with van der Waals surface area (Å²) < 4.78 is 24.6. The summed E-state index contributed by atoms with van der Waals surface area (Å²) in [5, 5.41) is 0.610. The van der Waals surface area contributed by atoms with Gasteiger partial charge >= 0.3 is 0 Å². The predicted octanol–water partition coefficient (Wildman–Crippen LogP) is 2.33. The summed E-state index contributed by atoms with van der Waals surface area (Å²) in [6.07, 6.45) is 1.13. The molecule has 5 heteroatoms. The Morgan fingerprint density at radius 3 is 2.00 bits per heavy atom. The molecule has 1 aromatic rings. The molecule has 0 bridgehead atoms. The summed E-state index contributed by atoms with van der Waals surface area (Å²) in [5.74, 6) is 0. The summed E-state index contributed by atoms with van der Waals surface area (Å²) in [4.78, 5) is 0. The van der Waals surface area contributed by atoms with Crippen LogP contribution < -0.4 is 4.72 Å². The molecule has 0 saturated heterocycles. The third-order valence-electron chi connectivity index (χ3n) is 1.78. The topological polar surface area (TPSA) is 46.2 Å². The monoisotopic (exact) mass is 233 g/mol. The lowest BCUT2D eigenvalue weighted by Crippen LogP contribution is -2.11. The van der Waals surface area contributed by atoms with Gasteiger partial charge in [-0.15, -0.1) is 0 Å². The molecule has 1 aromatic carbocycles. The van der Waals surface area contributed by atoms with Gasteiger partial charge in [0.25, 0.3) is 0 Å². The van der Waals surface area contributed by atoms with E-state index in [2.05, 4.69) is 4.72 Å². The number of rotatable bonds is 2. The number of anilines is 1. The van der Waals surface area contributed by atoms with Crippen molar-refractivity contribution in [2.24, 2.45) is 0 Å². The Balaban J connectivity index is 3.22. The van der Waals surface area contributed by atoms with Gasteiger partial charge < -0.3 is 0 Å². The van der Waals surface area contributed by atoms with E-state index in [0.717, 1.165) is 17.4 Å². The zero-order chi connectivity index (χ0) is 10.9. The molecule has 0 heterocycles. The molecule has 1 N–H and O–H groups in total. The second kappa shape index (κ2) is 3.79. The lowest BCUT2D eigenvalue weighted by atomic mass is 10.1. The molecule has 14 heavy (non-hydrogen) atoms. The zero-order valence-electron chi connectivity index (χ0n) is 8.26. The van der Waals surface area contributed by atoms with E-state index in [1.807, 2.05) is 13.8 Å². The highest BCUT2D eigenvalue weighted by Crippen LogP contribution is 2.25. The van der Waals surface area contributed by atoms with Gasteiger partial charge in [0.15, 0.2) is 0 Å². The summed E-state index contributed by atoms with van der Waals surface area (Å²) in [6.45, 7) is 3.62. The standard InChI is InChI=1S/C9H12ClNO2S/c1-6-4-8(10)5-7(2)9(6)11-14(3,12)13/h4-5,11H,1-3H3. The lowest BCUT2D eigenvalue weighted by molar-refractivity contribution is 0.606. The molecular weight excluding hydrogens is 222 g/mol. The minimum atomic E-state index is -3.23. The third kappa shape index (κ3) is 2.89. The highest BCUT2D eigenvalue weighted by atomic mass is 35.5. The third-order valence-corrected chi connectivity index (χ3v) is 2.58. The minimum absolute atomic E-state index is 0.608. The molecule has 78 valence electrons. The van der Waals surface area contributed by atoms with Crippen molar-refractivity contribution in [1.82, 2.24) is 0 Å². The van der Waals surface area contributed by atoms with Crippen LogP contribution in [-0.4, -0.2) is 14.7 Å². The molecule has 1 rings (SSSR count). The van der Waals surface area contributed by atoms with Crippen LogP contribution in [-0.2, 0) is 10.0 Å². The minimum Gasteiger partial charge on any atom is -0.283 e. The molecule has 0 radical (unpaired) electrons. The van der Waals surface area contributed by atoms with Crippen molar-refractivity contribution in [2.75, 3.05) is 11.0 Å². The van der Waals surface area contributed by atoms with Crippen LogP contribution in [0.3, 0.4) is 0 Å². The maximum absolute atomic E-state index is 11.0. The molecule has 0 amide bonds. The van der Waals surface area contributed by atoms with Gasteiger partial charge in [-0.2, -0.15) is 0 Å². The lowest BCUT2D eigenvalue weighted by Gasteiger charge is -2.11. The summed E-state index contributed by atoms with van der Waals surface area (Å²) >= 11 is 5.82. The quantitative estimate of drug-likeness (QED) is 0.852. The summed E-state index contributed by atoms with van der Waals surface area (Å²) in [5.41, 5.74) is 2.25. The van der Waals surface area contributed by atoms with Crippen molar-refractivity contribution >= 4 is 27.3 Å². The molecule has 0 spiro atoms. The van der Waals surface area contributed by atoms with Crippen molar-refractivity contribution in [3.63, 3.8) is 0 Å². The van der Waals surface area contributed by atoms with E-state index in [1.165, 1.54) is 0 Å². The predicted molar refractivity (Wildman–Crippen MR) is 59.4 cm³/mol. The zero-order valence-corrected chi connectivity index (χ0v) is 9.83. The Hall–Kier alpha value is -0.740. The molecule has 0 aliphatic rings. The van der Waals surface area contributed by atoms with Gasteiger partial charge in [0.05, 0.1) is 11.9 Å². The average molecular weight is 234 g/mol. The number of benzene rings is 1. The number of sulfonamides is 1. The van der Waals surface area contributed by atoms with E-state index in [1.54, 1.807) is 12.1 Å². The maximum Gasteiger partial charge on any atom is 0.229 e. The Kier molecular flexibility index (Phi) is 3.07. The second-order valence-electron chi connectivity index (χ2n) is 3.29. The molecule has 0 saturated carbocycles. The van der Waals surface area contributed by atoms with Gasteiger partial charge in [0.2, 0.25) is 10.0 Å². The largest absolute Gasteiger partial charge is 0.283 e. The average Bonchev–Trinajstić information content (AvgIpc) is 1.95. The number of aryl methyl sites for hydroxylation is 2. The summed E-state index contributed by atoms with van der Waals surface area (Å²) in [6, 6.07) is 3.45. The van der Waals surface area contributed by atoms with Crippen molar-refractivity contribution in [2.45, 2.75) is 13.8 Å². The van der Waals surface area contributed by atoms with Gasteiger partial charge in [-0.1, -0.05) is 11.6 Å². The first-order valence-electron chi connectivity index (χ1n) is 4.04. The Bertz CT molecular complexity index is 431. The molecule has 0 aliphatic heterocycles. The van der Waals surface area contributed by atoms with Crippen molar-refractivity contribution < 1.29 is 8.42 Å². The van der Waals surface area contributed by atoms with E-state index in [-0.39, 0.29) is 0 Å². The fourth-order valence-corrected chi connectivity index (χ4v) is 2.28. The summed E-state index contributed by atoms with van der Waals surface area (Å²) in [7, 11) is -3.23. The number of halogens is 1. The molecule has 0 atom stereocenters. The van der Waals surface area contributed by atoms with E-state index in [4.69, 9.17) is 11.6 Å². The van der Waals surface area contributed by atoms with Gasteiger partial charge in [-0.3, -0.25) is 4.72 Å². The van der Waals surface area contributed by atoms with E-state index in [9.17, 15) is 8.42 Å². The van der Waals surface area contributed by atoms with E-state index >= 15 is 0 Å². The normalized spacial score (nSPS) is 11.4. The maximum atomic E-state index is 11.0. The molecule has 0 unspecified atom stereocenters. The first-order valence-corrected chi connectivity index (χ1v) is 6.31. The fraction of sp³-hybridized carbons (Fsp3) is 0.333. The fourth-order valence-electron chi connectivity index (χ4n) is 1.26. The van der Waals surface area contributed by atoms with Crippen LogP contribution in [0.1, 0.15) is 11.1 Å². The van der Waals surface area contributed by atoms with Crippen LogP contribution in [0.5, 0.6) is 0 Å². The Morgan fingerprint density at radius 1 is 1.21 bits per heavy atom. The SMILES string of the molecule is Cc1cc(Cl)cc(C)c1NS(C)(=O)=O. The molecule has 3 nitrogen and oxygen atoms in total. The first-order chi connectivity index (χ1) is 6.29.